The molecule has 20 heteroatoms. The van der Waals surface area contributed by atoms with E-state index in [-0.39, 0.29) is 76.3 Å². The minimum Gasteiger partial charge on any atom is -0.507 e. The molecule has 6 N–H and O–H groups in total. The predicted octanol–water partition coefficient (Wildman–Crippen LogP) is 5.48. The molecule has 11 atom stereocenters. The number of phenols is 3. The number of cyclic esters (lactones) is 1. The van der Waals surface area contributed by atoms with Gasteiger partial charge in [-0.1, -0.05) is 11.6 Å². The Kier molecular flexibility index (Phi) is 15.4. The molecule has 9 rings (SSSR count). The summed E-state index contributed by atoms with van der Waals surface area (Å²) in [5, 5.41) is 66.2. The van der Waals surface area contributed by atoms with Gasteiger partial charge in [0.1, 0.15) is 58.9 Å². The fourth-order valence-corrected chi connectivity index (χ4v) is 12.6. The second kappa shape index (κ2) is 20.8. The molecule has 4 aliphatic heterocycles. The normalized spacial score (nSPS) is 30.2. The molecule has 0 aromatic heterocycles. The summed E-state index contributed by atoms with van der Waals surface area (Å²) in [6, 6.07) is 3.03. The van der Waals surface area contributed by atoms with Crippen molar-refractivity contribution in [2.45, 2.75) is 159 Å². The fraction of sp³-hybridized carbons (Fsp3) is 0.554. The van der Waals surface area contributed by atoms with Crippen molar-refractivity contribution in [3.8, 4) is 23.0 Å². The number of ether oxygens (including phenoxy) is 8. The molecule has 3 aromatic rings. The van der Waals surface area contributed by atoms with Crippen molar-refractivity contribution in [1.29, 1.82) is 0 Å². The molecule has 412 valence electrons. The standard InChI is InChI=1S/C39H49NO13.C17H20O6/c1-16-33(48-7)39(4,47)34(49-8)36(51-16)52-24-15-37(2,46)29(35(45)50-9)20-12-21-27(31(43)25(20)24)32(44)28-23(41)13-22-19(26(28)30(21)42)11-18-10-17(40(5)6)14-38(22,3)53-18;1-9(5-7-13(18)19)4-6-11-15(20)14-12(8-23-17(14)21)10(2)16(11)22-3/h12-13,16-18,24,29,33-34,36,41,43,46-47H,10-11,14-15H2,1-9H3;4,20H,5-8H2,1-3H3,(H,18,19)/b;9-4+/t16-,17-,18+,24-,29-,33-,34-,36-,37-,38-,39+;/m0./s1. The number of carboxylic acids is 1. The zero-order valence-electron chi connectivity index (χ0n) is 44.9. The van der Waals surface area contributed by atoms with Gasteiger partial charge in [0.15, 0.2) is 12.1 Å². The quantitative estimate of drug-likeness (QED) is 0.0756. The highest BCUT2D eigenvalue weighted by Crippen LogP contribution is 2.55. The smallest absolute Gasteiger partial charge is 0.342 e. The van der Waals surface area contributed by atoms with E-state index in [1.807, 2.05) is 40.9 Å². The number of benzene rings is 3. The van der Waals surface area contributed by atoms with Gasteiger partial charge in [0, 0.05) is 60.9 Å². The second-order valence-corrected chi connectivity index (χ2v) is 21.7. The van der Waals surface area contributed by atoms with Crippen molar-refractivity contribution >= 4 is 29.5 Å². The average molecular weight is 1060 g/mol. The summed E-state index contributed by atoms with van der Waals surface area (Å²) < 4.78 is 45.7. The number of rotatable bonds is 12. The number of aliphatic carboxylic acids is 1. The van der Waals surface area contributed by atoms with Crippen LogP contribution in [0.3, 0.4) is 0 Å². The molecular formula is C56H69NO19. The Hall–Kier alpha value is -5.97. The Morgan fingerprint density at radius 1 is 0.882 bits per heavy atom. The highest BCUT2D eigenvalue weighted by Gasteiger charge is 2.57. The summed E-state index contributed by atoms with van der Waals surface area (Å²) in [4.78, 5) is 67.3. The maximum Gasteiger partial charge on any atom is 0.342 e. The number of phenolic OH excluding ortho intramolecular Hbond substituents is 3. The van der Waals surface area contributed by atoms with Gasteiger partial charge in [0.2, 0.25) is 5.78 Å². The fourth-order valence-electron chi connectivity index (χ4n) is 12.6. The molecule has 2 fully saturated rings. The van der Waals surface area contributed by atoms with Gasteiger partial charge in [-0.2, -0.15) is 0 Å². The molecule has 2 saturated heterocycles. The summed E-state index contributed by atoms with van der Waals surface area (Å²) in [6.45, 7) is 10.3. The van der Waals surface area contributed by atoms with E-state index in [0.717, 1.165) is 18.2 Å². The Labute approximate surface area is 440 Å². The predicted molar refractivity (Wildman–Crippen MR) is 269 cm³/mol. The van der Waals surface area contributed by atoms with Gasteiger partial charge < -0.3 is 73.4 Å². The molecule has 2 aliphatic carbocycles. The third-order valence-corrected chi connectivity index (χ3v) is 16.3. The number of esters is 2. The van der Waals surface area contributed by atoms with Gasteiger partial charge in [0.25, 0.3) is 0 Å². The zero-order valence-corrected chi connectivity index (χ0v) is 44.9. The summed E-state index contributed by atoms with van der Waals surface area (Å²) >= 11 is 0. The van der Waals surface area contributed by atoms with Gasteiger partial charge in [-0.15, -0.1) is 0 Å². The van der Waals surface area contributed by atoms with Crippen LogP contribution in [0.4, 0.5) is 0 Å². The van der Waals surface area contributed by atoms with Crippen molar-refractivity contribution in [2.24, 2.45) is 0 Å². The first-order valence-electron chi connectivity index (χ1n) is 25.2. The number of hydrogen-bond donors (Lipinski definition) is 6. The summed E-state index contributed by atoms with van der Waals surface area (Å²) in [5.41, 5.74) is -0.814. The molecule has 2 bridgehead atoms. The molecule has 6 aliphatic rings. The first-order chi connectivity index (χ1) is 35.7. The molecule has 0 radical (unpaired) electrons. The van der Waals surface area contributed by atoms with Crippen molar-refractivity contribution in [2.75, 3.05) is 42.5 Å². The molecule has 20 nitrogen and oxygen atoms in total. The first kappa shape index (κ1) is 56.2. The molecular weight excluding hydrogens is 991 g/mol. The number of aromatic hydroxyl groups is 3. The SMILES string of the molecule is COC(=O)[C@@H]1c2cc3c(c(O)c2[C@@H](O[C@@H]2O[C@@H](C)[C@H](OC)[C@@](C)(O)[C@H]2OC)C[C@]1(C)O)C(=O)c1c(O)cc2c(c1C3=O)C[C@H]1C[C@H](N(C)C)C[C@]2(C)O1.COc1c(C)c2c(c(O)c1C/C=C(\C)CCC(=O)O)C(=O)OC2. The number of carboxylic acid groups (broad SMARTS) is 1. The van der Waals surface area contributed by atoms with Crippen molar-refractivity contribution in [1.82, 2.24) is 4.90 Å². The molecule has 76 heavy (non-hydrogen) atoms. The zero-order chi connectivity index (χ0) is 55.8. The molecule has 0 saturated carbocycles. The largest absolute Gasteiger partial charge is 0.507 e. The molecule has 0 spiro atoms. The third-order valence-electron chi connectivity index (χ3n) is 16.3. The van der Waals surface area contributed by atoms with Crippen LogP contribution in [0.5, 0.6) is 23.0 Å². The van der Waals surface area contributed by atoms with E-state index in [1.54, 1.807) is 6.92 Å². The number of fused-ring (bicyclic) bond motifs is 9. The topological polar surface area (TPSA) is 284 Å². The third kappa shape index (κ3) is 9.43. The monoisotopic (exact) mass is 1060 g/mol. The van der Waals surface area contributed by atoms with Crippen molar-refractivity contribution in [3.05, 3.63) is 90.5 Å². The van der Waals surface area contributed by atoms with Crippen LogP contribution in [0.25, 0.3) is 0 Å². The van der Waals surface area contributed by atoms with E-state index in [4.69, 9.17) is 43.0 Å². The van der Waals surface area contributed by atoms with Crippen molar-refractivity contribution < 1.29 is 92.5 Å². The minimum absolute atomic E-state index is 0.0216. The van der Waals surface area contributed by atoms with E-state index in [0.29, 0.717) is 60.1 Å². The number of methoxy groups -OCH3 is 4. The van der Waals surface area contributed by atoms with Crippen LogP contribution < -0.4 is 4.74 Å². The minimum atomic E-state index is -1.85. The second-order valence-electron chi connectivity index (χ2n) is 21.7. The van der Waals surface area contributed by atoms with Gasteiger partial charge in [0.05, 0.1) is 54.9 Å². The lowest BCUT2D eigenvalue weighted by Gasteiger charge is -2.50. The van der Waals surface area contributed by atoms with E-state index >= 15 is 0 Å². The maximum absolute atomic E-state index is 14.8. The van der Waals surface area contributed by atoms with Crippen molar-refractivity contribution in [3.63, 3.8) is 0 Å². The molecule has 0 unspecified atom stereocenters. The van der Waals surface area contributed by atoms with Crippen LogP contribution in [0.2, 0.25) is 0 Å². The van der Waals surface area contributed by atoms with E-state index in [9.17, 15) is 49.5 Å². The average Bonchev–Trinajstić information content (AvgIpc) is 3.77. The number of allylic oxidation sites excluding steroid dienone is 2. The maximum atomic E-state index is 14.8. The molecule has 0 amide bonds. The van der Waals surface area contributed by atoms with Gasteiger partial charge >= 0.3 is 17.9 Å². The highest BCUT2D eigenvalue weighted by molar-refractivity contribution is 6.31. The number of carbonyl (C=O) groups excluding carboxylic acids is 4. The lowest BCUT2D eigenvalue weighted by atomic mass is 9.67. The van der Waals surface area contributed by atoms with Gasteiger partial charge in [-0.05, 0) is 122 Å². The van der Waals surface area contributed by atoms with Crippen LogP contribution in [-0.2, 0) is 67.8 Å². The van der Waals surface area contributed by atoms with Crippen LogP contribution in [0.1, 0.15) is 160 Å². The van der Waals surface area contributed by atoms with E-state index in [1.165, 1.54) is 47.3 Å². The Morgan fingerprint density at radius 3 is 2.18 bits per heavy atom. The number of aliphatic hydroxyl groups is 2. The van der Waals surface area contributed by atoms with Gasteiger partial charge in [-0.25, -0.2) is 4.79 Å². The number of hydrogen-bond acceptors (Lipinski definition) is 19. The van der Waals surface area contributed by atoms with Crippen LogP contribution >= 0.6 is 0 Å². The van der Waals surface area contributed by atoms with Crippen LogP contribution in [0, 0.1) is 6.92 Å². The lowest BCUT2D eigenvalue weighted by Crippen LogP contribution is -2.66. The Balaban J connectivity index is 0.000000278. The highest BCUT2D eigenvalue weighted by atomic mass is 16.7. The van der Waals surface area contributed by atoms with E-state index < -0.39 is 94.4 Å². The Bertz CT molecular complexity index is 2920. The number of ketones is 2. The van der Waals surface area contributed by atoms with Gasteiger partial charge in [-0.3, -0.25) is 19.2 Å². The summed E-state index contributed by atoms with van der Waals surface area (Å²) in [6.07, 6.45) is -1.38. The van der Waals surface area contributed by atoms with E-state index in [2.05, 4.69) is 4.90 Å². The first-order valence-corrected chi connectivity index (χ1v) is 25.2. The Morgan fingerprint density at radius 2 is 1.57 bits per heavy atom. The lowest BCUT2D eigenvalue weighted by molar-refractivity contribution is -0.341. The van der Waals surface area contributed by atoms with Crippen LogP contribution in [0.15, 0.2) is 23.8 Å². The molecule has 3 aromatic carbocycles. The molecule has 4 heterocycles. The number of carbonyl (C=O) groups is 5. The summed E-state index contributed by atoms with van der Waals surface area (Å²) in [5.74, 6) is -5.67. The number of nitrogens with zero attached hydrogens (tertiary/aromatic N) is 1. The van der Waals surface area contributed by atoms with Crippen LogP contribution in [-0.4, -0.2) is 155 Å². The summed E-state index contributed by atoms with van der Waals surface area (Å²) in [7, 11) is 9.46.